The lowest BCUT2D eigenvalue weighted by Gasteiger charge is -2.36. The van der Waals surface area contributed by atoms with Crippen LogP contribution in [0.15, 0.2) is 24.3 Å². The molecule has 108 valence electrons. The van der Waals surface area contributed by atoms with E-state index in [4.69, 9.17) is 0 Å². The van der Waals surface area contributed by atoms with Gasteiger partial charge in [0, 0.05) is 28.3 Å². The Balaban J connectivity index is 1.58. The maximum atomic E-state index is 12.5. The van der Waals surface area contributed by atoms with Crippen molar-refractivity contribution in [2.75, 3.05) is 26.2 Å². The van der Waals surface area contributed by atoms with Gasteiger partial charge in [0.05, 0.1) is 0 Å². The summed E-state index contributed by atoms with van der Waals surface area (Å²) in [6.07, 6.45) is 4.97. The van der Waals surface area contributed by atoms with E-state index in [9.17, 15) is 4.79 Å². The molecule has 2 saturated heterocycles. The highest BCUT2D eigenvalue weighted by molar-refractivity contribution is 14.1. The highest BCUT2D eigenvalue weighted by Crippen LogP contribution is 2.22. The molecule has 1 aromatic carbocycles. The number of benzene rings is 1. The molecule has 3 nitrogen and oxygen atoms in total. The molecule has 20 heavy (non-hydrogen) atoms. The molecule has 0 aromatic heterocycles. The quantitative estimate of drug-likeness (QED) is 0.732. The molecule has 0 unspecified atom stereocenters. The minimum Gasteiger partial charge on any atom is -0.339 e. The van der Waals surface area contributed by atoms with Gasteiger partial charge in [0.1, 0.15) is 0 Å². The van der Waals surface area contributed by atoms with Crippen molar-refractivity contribution in [1.29, 1.82) is 0 Å². The maximum absolute atomic E-state index is 12.5. The van der Waals surface area contributed by atoms with Gasteiger partial charge in [0.2, 0.25) is 0 Å². The molecule has 0 radical (unpaired) electrons. The second kappa shape index (κ2) is 6.43. The van der Waals surface area contributed by atoms with E-state index in [1.807, 2.05) is 29.2 Å². The molecular weight excluding hydrogens is 363 g/mol. The molecule has 0 spiro atoms. The summed E-state index contributed by atoms with van der Waals surface area (Å²) in [6.45, 7) is 4.34. The van der Waals surface area contributed by atoms with Gasteiger partial charge < -0.3 is 9.80 Å². The third-order valence-corrected chi connectivity index (χ3v) is 5.15. The Bertz CT molecular complexity index is 477. The molecule has 2 heterocycles. The molecule has 4 heteroatoms. The monoisotopic (exact) mass is 384 g/mol. The molecule has 0 N–H and O–H groups in total. The van der Waals surface area contributed by atoms with Gasteiger partial charge >= 0.3 is 0 Å². The molecule has 2 aliphatic heterocycles. The van der Waals surface area contributed by atoms with Gasteiger partial charge in [-0.3, -0.25) is 4.79 Å². The fourth-order valence-corrected chi connectivity index (χ4v) is 3.89. The zero-order valence-electron chi connectivity index (χ0n) is 11.7. The Morgan fingerprint density at radius 3 is 2.45 bits per heavy atom. The maximum Gasteiger partial charge on any atom is 0.253 e. The van der Waals surface area contributed by atoms with Crippen LogP contribution in [-0.2, 0) is 0 Å². The average molecular weight is 384 g/mol. The zero-order chi connectivity index (χ0) is 13.9. The van der Waals surface area contributed by atoms with Crippen molar-refractivity contribution >= 4 is 28.5 Å². The minimum absolute atomic E-state index is 0.198. The molecule has 0 aliphatic carbocycles. The Morgan fingerprint density at radius 1 is 1.10 bits per heavy atom. The third-order valence-electron chi connectivity index (χ3n) is 4.48. The van der Waals surface area contributed by atoms with Gasteiger partial charge in [-0.2, -0.15) is 0 Å². The number of nitrogens with zero attached hydrogens (tertiary/aromatic N) is 2. The molecule has 2 aliphatic rings. The molecule has 1 aromatic rings. The number of amides is 1. The molecule has 2 fully saturated rings. The smallest absolute Gasteiger partial charge is 0.253 e. The number of rotatable bonds is 2. The summed E-state index contributed by atoms with van der Waals surface area (Å²) in [6, 6.07) is 8.60. The number of carbonyl (C=O) groups excluding carboxylic acids is 1. The summed E-state index contributed by atoms with van der Waals surface area (Å²) in [4.78, 5) is 17.1. The van der Waals surface area contributed by atoms with E-state index >= 15 is 0 Å². The lowest BCUT2D eigenvalue weighted by molar-refractivity contribution is 0.0644. The molecule has 1 amide bonds. The predicted molar refractivity (Wildman–Crippen MR) is 88.9 cm³/mol. The van der Waals surface area contributed by atoms with Crippen LogP contribution in [0.1, 0.15) is 36.0 Å². The second-order valence-electron chi connectivity index (χ2n) is 5.78. The van der Waals surface area contributed by atoms with E-state index in [2.05, 4.69) is 27.5 Å². The Labute approximate surface area is 134 Å². The first kappa shape index (κ1) is 14.3. The number of hydrogen-bond acceptors (Lipinski definition) is 2. The fraction of sp³-hybridized carbons (Fsp3) is 0.562. The van der Waals surface area contributed by atoms with Crippen molar-refractivity contribution in [2.24, 2.45) is 0 Å². The van der Waals surface area contributed by atoms with Crippen LogP contribution in [0.4, 0.5) is 0 Å². The van der Waals surface area contributed by atoms with Crippen LogP contribution in [0.25, 0.3) is 0 Å². The number of hydrogen-bond donors (Lipinski definition) is 0. The van der Waals surface area contributed by atoms with Crippen molar-refractivity contribution in [3.63, 3.8) is 0 Å². The van der Waals surface area contributed by atoms with Crippen LogP contribution < -0.4 is 0 Å². The number of likely N-dealkylation sites (tertiary alicyclic amines) is 2. The van der Waals surface area contributed by atoms with Crippen molar-refractivity contribution in [3.05, 3.63) is 33.4 Å². The van der Waals surface area contributed by atoms with Crippen molar-refractivity contribution in [2.45, 2.75) is 31.7 Å². The number of carbonyl (C=O) groups is 1. The predicted octanol–water partition coefficient (Wildman–Crippen LogP) is 2.99. The average Bonchev–Trinajstić information content (AvgIpc) is 3.01. The van der Waals surface area contributed by atoms with Gasteiger partial charge in [-0.05, 0) is 79.6 Å². The molecule has 3 rings (SSSR count). The van der Waals surface area contributed by atoms with Gasteiger partial charge in [0.15, 0.2) is 0 Å². The molecule has 0 atom stereocenters. The molecule has 0 bridgehead atoms. The SMILES string of the molecule is O=C(c1cccc(I)c1)N1CCC(N2CCCC2)CC1. The van der Waals surface area contributed by atoms with E-state index < -0.39 is 0 Å². The van der Waals surface area contributed by atoms with Gasteiger partial charge in [-0.15, -0.1) is 0 Å². The van der Waals surface area contributed by atoms with Crippen LogP contribution in [-0.4, -0.2) is 47.9 Å². The summed E-state index contributed by atoms with van der Waals surface area (Å²) in [5, 5.41) is 0. The third kappa shape index (κ3) is 3.17. The van der Waals surface area contributed by atoms with E-state index in [-0.39, 0.29) is 5.91 Å². The van der Waals surface area contributed by atoms with Crippen molar-refractivity contribution in [3.8, 4) is 0 Å². The van der Waals surface area contributed by atoms with Gasteiger partial charge in [-0.1, -0.05) is 6.07 Å². The highest BCUT2D eigenvalue weighted by atomic mass is 127. The standard InChI is InChI=1S/C16H21IN2O/c17-14-5-3-4-13(12-14)16(20)19-10-6-15(7-11-19)18-8-1-2-9-18/h3-5,12,15H,1-2,6-11H2. The number of piperidine rings is 1. The topological polar surface area (TPSA) is 23.6 Å². The summed E-state index contributed by atoms with van der Waals surface area (Å²) in [5.41, 5.74) is 0.830. The summed E-state index contributed by atoms with van der Waals surface area (Å²) in [7, 11) is 0. The van der Waals surface area contributed by atoms with E-state index in [0.29, 0.717) is 6.04 Å². The van der Waals surface area contributed by atoms with Crippen LogP contribution in [0.5, 0.6) is 0 Å². The van der Waals surface area contributed by atoms with Gasteiger partial charge in [-0.25, -0.2) is 0 Å². The normalized spacial score (nSPS) is 21.4. The second-order valence-corrected chi connectivity index (χ2v) is 7.02. The number of halogens is 1. The van der Waals surface area contributed by atoms with Gasteiger partial charge in [0.25, 0.3) is 5.91 Å². The Kier molecular flexibility index (Phi) is 4.61. The van der Waals surface area contributed by atoms with Crippen LogP contribution in [0.2, 0.25) is 0 Å². The minimum atomic E-state index is 0.198. The fourth-order valence-electron chi connectivity index (χ4n) is 3.34. The zero-order valence-corrected chi connectivity index (χ0v) is 13.9. The Morgan fingerprint density at radius 2 is 1.80 bits per heavy atom. The summed E-state index contributed by atoms with van der Waals surface area (Å²) >= 11 is 2.26. The van der Waals surface area contributed by atoms with Crippen molar-refractivity contribution < 1.29 is 4.79 Å². The largest absolute Gasteiger partial charge is 0.339 e. The van der Waals surface area contributed by atoms with Crippen LogP contribution in [0.3, 0.4) is 0 Å². The first-order chi connectivity index (χ1) is 9.74. The first-order valence-electron chi connectivity index (χ1n) is 7.53. The van der Waals surface area contributed by atoms with E-state index in [1.54, 1.807) is 0 Å². The Hall–Kier alpha value is -0.620. The van der Waals surface area contributed by atoms with E-state index in [1.165, 1.54) is 25.9 Å². The lowest BCUT2D eigenvalue weighted by atomic mass is 10.0. The summed E-state index contributed by atoms with van der Waals surface area (Å²) in [5.74, 6) is 0.198. The van der Waals surface area contributed by atoms with E-state index in [0.717, 1.165) is 35.1 Å². The highest BCUT2D eigenvalue weighted by Gasteiger charge is 2.28. The lowest BCUT2D eigenvalue weighted by Crippen LogP contribution is -2.45. The molecule has 0 saturated carbocycles. The van der Waals surface area contributed by atoms with Crippen LogP contribution in [0, 0.1) is 3.57 Å². The van der Waals surface area contributed by atoms with Crippen LogP contribution >= 0.6 is 22.6 Å². The molecular formula is C16H21IN2O. The first-order valence-corrected chi connectivity index (χ1v) is 8.61. The summed E-state index contributed by atoms with van der Waals surface area (Å²) < 4.78 is 1.13. The van der Waals surface area contributed by atoms with Crippen molar-refractivity contribution in [1.82, 2.24) is 9.80 Å².